The van der Waals surface area contributed by atoms with Crippen molar-refractivity contribution < 1.29 is 18.0 Å². The number of amides is 1. The zero-order valence-corrected chi connectivity index (χ0v) is 10.5. The molecule has 3 N–H and O–H groups in total. The normalized spacial score (nSPS) is 19.2. The van der Waals surface area contributed by atoms with Gasteiger partial charge in [-0.1, -0.05) is 12.8 Å². The van der Waals surface area contributed by atoms with Gasteiger partial charge in [-0.3, -0.25) is 9.69 Å². The fourth-order valence-corrected chi connectivity index (χ4v) is 2.41. The summed E-state index contributed by atoms with van der Waals surface area (Å²) in [5.41, 5.74) is 5.51. The predicted molar refractivity (Wildman–Crippen MR) is 61.9 cm³/mol. The van der Waals surface area contributed by atoms with Crippen LogP contribution >= 0.6 is 0 Å². The number of nitrogens with zero attached hydrogens (tertiary/aromatic N) is 1. The van der Waals surface area contributed by atoms with E-state index in [1.807, 2.05) is 5.32 Å². The van der Waals surface area contributed by atoms with Crippen molar-refractivity contribution in [2.24, 2.45) is 5.73 Å². The Hall–Kier alpha value is -0.820. The monoisotopic (exact) mass is 267 g/mol. The third kappa shape index (κ3) is 4.13. The zero-order valence-electron chi connectivity index (χ0n) is 10.5. The fourth-order valence-electron chi connectivity index (χ4n) is 2.41. The molecule has 0 atom stereocenters. The van der Waals surface area contributed by atoms with Crippen LogP contribution in [0, 0.1) is 0 Å². The summed E-state index contributed by atoms with van der Waals surface area (Å²) >= 11 is 0. The lowest BCUT2D eigenvalue weighted by Crippen LogP contribution is -2.53. The van der Waals surface area contributed by atoms with E-state index in [1.54, 1.807) is 11.9 Å². The molecule has 4 nitrogen and oxygen atoms in total. The highest BCUT2D eigenvalue weighted by Gasteiger charge is 2.37. The zero-order chi connectivity index (χ0) is 13.8. The summed E-state index contributed by atoms with van der Waals surface area (Å²) < 4.78 is 35.8. The minimum Gasteiger partial charge on any atom is -0.346 e. The topological polar surface area (TPSA) is 58.4 Å². The van der Waals surface area contributed by atoms with Gasteiger partial charge in [-0.05, 0) is 19.9 Å². The second-order valence-electron chi connectivity index (χ2n) is 4.88. The molecule has 0 heterocycles. The molecule has 106 valence electrons. The molecule has 0 saturated heterocycles. The Morgan fingerprint density at radius 3 is 2.39 bits per heavy atom. The van der Waals surface area contributed by atoms with E-state index in [1.165, 1.54) is 0 Å². The van der Waals surface area contributed by atoms with Crippen molar-refractivity contribution in [3.05, 3.63) is 0 Å². The number of hydrogen-bond acceptors (Lipinski definition) is 3. The summed E-state index contributed by atoms with van der Waals surface area (Å²) in [6.07, 6.45) is -0.482. The van der Waals surface area contributed by atoms with Crippen molar-refractivity contribution in [3.63, 3.8) is 0 Å². The maximum Gasteiger partial charge on any atom is 0.405 e. The van der Waals surface area contributed by atoms with Crippen molar-refractivity contribution in [1.29, 1.82) is 0 Å². The third-order valence-electron chi connectivity index (χ3n) is 3.59. The van der Waals surface area contributed by atoms with E-state index in [0.717, 1.165) is 25.7 Å². The van der Waals surface area contributed by atoms with Crippen LogP contribution in [0.3, 0.4) is 0 Å². The van der Waals surface area contributed by atoms with Crippen LogP contribution < -0.4 is 11.1 Å². The van der Waals surface area contributed by atoms with Crippen molar-refractivity contribution >= 4 is 5.91 Å². The molecule has 0 aromatic heterocycles. The van der Waals surface area contributed by atoms with Gasteiger partial charge >= 0.3 is 6.18 Å². The standard InChI is InChI=1S/C11H20F3N3O/c1-17(10(7-15)4-2-3-5-10)6-9(18)16-8-11(12,13)14/h2-8,15H2,1H3,(H,16,18). The Morgan fingerprint density at radius 2 is 1.94 bits per heavy atom. The summed E-state index contributed by atoms with van der Waals surface area (Å²) in [6, 6.07) is 0. The highest BCUT2D eigenvalue weighted by molar-refractivity contribution is 5.78. The lowest BCUT2D eigenvalue weighted by Gasteiger charge is -2.37. The van der Waals surface area contributed by atoms with E-state index in [4.69, 9.17) is 5.73 Å². The van der Waals surface area contributed by atoms with Crippen LogP contribution in [0.5, 0.6) is 0 Å². The molecular weight excluding hydrogens is 247 g/mol. The summed E-state index contributed by atoms with van der Waals surface area (Å²) in [5.74, 6) is -0.616. The van der Waals surface area contributed by atoms with E-state index in [0.29, 0.717) is 6.54 Å². The van der Waals surface area contributed by atoms with Crippen molar-refractivity contribution in [3.8, 4) is 0 Å². The van der Waals surface area contributed by atoms with Crippen LogP contribution in [-0.4, -0.2) is 49.2 Å². The molecule has 0 aromatic rings. The van der Waals surface area contributed by atoms with Gasteiger partial charge < -0.3 is 11.1 Å². The third-order valence-corrected chi connectivity index (χ3v) is 3.59. The average molecular weight is 267 g/mol. The van der Waals surface area contributed by atoms with Gasteiger partial charge in [-0.2, -0.15) is 13.2 Å². The molecule has 0 bridgehead atoms. The number of alkyl halides is 3. The number of rotatable bonds is 5. The summed E-state index contributed by atoms with van der Waals surface area (Å²) in [7, 11) is 1.74. The van der Waals surface area contributed by atoms with Gasteiger partial charge in [0.25, 0.3) is 0 Å². The molecule has 0 aliphatic heterocycles. The van der Waals surface area contributed by atoms with Gasteiger partial charge in [0.15, 0.2) is 0 Å². The van der Waals surface area contributed by atoms with Crippen LogP contribution in [0.25, 0.3) is 0 Å². The predicted octanol–water partition coefficient (Wildman–Crippen LogP) is 0.868. The van der Waals surface area contributed by atoms with Gasteiger partial charge in [-0.15, -0.1) is 0 Å². The Labute approximate surface area is 105 Å². The Kier molecular flexibility index (Phi) is 4.98. The molecule has 1 rings (SSSR count). The minimum atomic E-state index is -4.37. The number of likely N-dealkylation sites (N-methyl/N-ethyl adjacent to an activating group) is 1. The van der Waals surface area contributed by atoms with Crippen LogP contribution in [0.15, 0.2) is 0 Å². The molecule has 1 aliphatic rings. The minimum absolute atomic E-state index is 0.0483. The molecule has 0 aromatic carbocycles. The number of halogens is 3. The van der Waals surface area contributed by atoms with E-state index in [2.05, 4.69) is 0 Å². The van der Waals surface area contributed by atoms with E-state index < -0.39 is 18.6 Å². The largest absolute Gasteiger partial charge is 0.405 e. The van der Waals surface area contributed by atoms with Crippen molar-refractivity contribution in [1.82, 2.24) is 10.2 Å². The van der Waals surface area contributed by atoms with Gasteiger partial charge in [-0.25, -0.2) is 0 Å². The Morgan fingerprint density at radius 1 is 1.39 bits per heavy atom. The highest BCUT2D eigenvalue weighted by atomic mass is 19.4. The first-order valence-electron chi connectivity index (χ1n) is 6.04. The maximum atomic E-state index is 11.9. The molecule has 1 aliphatic carbocycles. The molecular formula is C11H20F3N3O. The summed E-state index contributed by atoms with van der Waals surface area (Å²) in [6.45, 7) is -0.904. The van der Waals surface area contributed by atoms with E-state index in [-0.39, 0.29) is 12.1 Å². The SMILES string of the molecule is CN(CC(=O)NCC(F)(F)F)C1(CN)CCCC1. The molecule has 1 saturated carbocycles. The first-order valence-corrected chi connectivity index (χ1v) is 6.04. The first-order chi connectivity index (χ1) is 8.29. The summed E-state index contributed by atoms with van der Waals surface area (Å²) in [4.78, 5) is 13.2. The van der Waals surface area contributed by atoms with E-state index in [9.17, 15) is 18.0 Å². The Bertz CT molecular complexity index is 288. The Balaban J connectivity index is 2.43. The molecule has 1 fully saturated rings. The van der Waals surface area contributed by atoms with Crippen LogP contribution in [0.4, 0.5) is 13.2 Å². The van der Waals surface area contributed by atoms with Crippen LogP contribution in [0.2, 0.25) is 0 Å². The highest BCUT2D eigenvalue weighted by Crippen LogP contribution is 2.33. The number of nitrogens with two attached hydrogens (primary N) is 1. The summed E-state index contributed by atoms with van der Waals surface area (Å²) in [5, 5.41) is 1.87. The van der Waals surface area contributed by atoms with Crippen LogP contribution in [0.1, 0.15) is 25.7 Å². The molecule has 18 heavy (non-hydrogen) atoms. The van der Waals surface area contributed by atoms with Gasteiger partial charge in [0.1, 0.15) is 6.54 Å². The molecule has 0 spiro atoms. The first kappa shape index (κ1) is 15.2. The smallest absolute Gasteiger partial charge is 0.346 e. The molecule has 0 unspecified atom stereocenters. The quantitative estimate of drug-likeness (QED) is 0.777. The number of carbonyl (C=O) groups is 1. The lowest BCUT2D eigenvalue weighted by molar-refractivity contribution is -0.139. The maximum absolute atomic E-state index is 11.9. The number of carbonyl (C=O) groups excluding carboxylic acids is 1. The lowest BCUT2D eigenvalue weighted by atomic mass is 9.96. The van der Waals surface area contributed by atoms with Gasteiger partial charge in [0.05, 0.1) is 6.54 Å². The van der Waals surface area contributed by atoms with Gasteiger partial charge in [0.2, 0.25) is 5.91 Å². The molecule has 1 amide bonds. The second kappa shape index (κ2) is 5.88. The molecule has 0 radical (unpaired) electrons. The second-order valence-corrected chi connectivity index (χ2v) is 4.88. The number of nitrogens with one attached hydrogen (secondary N) is 1. The van der Waals surface area contributed by atoms with Crippen LogP contribution in [-0.2, 0) is 4.79 Å². The van der Waals surface area contributed by atoms with Crippen molar-refractivity contribution in [2.45, 2.75) is 37.4 Å². The van der Waals surface area contributed by atoms with Crippen molar-refractivity contribution in [2.75, 3.05) is 26.7 Å². The fraction of sp³-hybridized carbons (Fsp3) is 0.909. The molecule has 7 heteroatoms. The number of hydrogen-bond donors (Lipinski definition) is 2. The van der Waals surface area contributed by atoms with Gasteiger partial charge in [0, 0.05) is 12.1 Å². The average Bonchev–Trinajstić information content (AvgIpc) is 2.75. The van der Waals surface area contributed by atoms with E-state index >= 15 is 0 Å².